The number of pyridine rings is 1. The van der Waals surface area contributed by atoms with Crippen LogP contribution in [-0.4, -0.2) is 51.0 Å². The second-order valence-corrected chi connectivity index (χ2v) is 7.81. The van der Waals surface area contributed by atoms with Crippen molar-refractivity contribution in [2.24, 2.45) is 0 Å². The fourth-order valence-electron chi connectivity index (χ4n) is 2.52. The highest BCUT2D eigenvalue weighted by molar-refractivity contribution is 9.10. The Morgan fingerprint density at radius 2 is 2.08 bits per heavy atom. The van der Waals surface area contributed by atoms with Gasteiger partial charge in [-0.05, 0) is 48.8 Å². The number of imidazole rings is 1. The van der Waals surface area contributed by atoms with E-state index in [0.717, 1.165) is 4.47 Å². The van der Waals surface area contributed by atoms with Crippen LogP contribution in [0.4, 0.5) is 10.6 Å². The monoisotopic (exact) mass is 409 g/mol. The number of halogens is 1. The van der Waals surface area contributed by atoms with Gasteiger partial charge in [-0.1, -0.05) is 0 Å². The molecule has 0 atom stereocenters. The summed E-state index contributed by atoms with van der Waals surface area (Å²) in [7, 11) is 0. The molecule has 2 aromatic rings. The van der Waals surface area contributed by atoms with Crippen molar-refractivity contribution in [1.29, 1.82) is 0 Å². The van der Waals surface area contributed by atoms with Crippen molar-refractivity contribution in [3.8, 4) is 0 Å². The highest BCUT2D eigenvalue weighted by Crippen LogP contribution is 2.22. The van der Waals surface area contributed by atoms with Crippen LogP contribution in [0.3, 0.4) is 0 Å². The number of nitrogens with one attached hydrogen (secondary N) is 1. The minimum atomic E-state index is -0.538. The molecule has 1 aliphatic heterocycles. The number of anilines is 1. The molecule has 25 heavy (non-hydrogen) atoms. The Balaban J connectivity index is 1.62. The lowest BCUT2D eigenvalue weighted by Gasteiger charge is -2.39. The molecule has 2 amide bonds. The maximum absolute atomic E-state index is 12.4. The standard InChI is InChI=1S/C16H20BrN5O3/c1-16(2,3)25-15(24)21-7-9(8-21)19-14(23)11-12(18)22-6-4-5-10(17)13(22)20-11/h4-6,9H,7-8,18H2,1-3H3,(H,19,23). The average molecular weight is 410 g/mol. The van der Waals surface area contributed by atoms with Crippen LogP contribution < -0.4 is 11.1 Å². The topological polar surface area (TPSA) is 102 Å². The molecular weight excluding hydrogens is 390 g/mol. The molecule has 0 saturated carbocycles. The lowest BCUT2D eigenvalue weighted by atomic mass is 10.1. The van der Waals surface area contributed by atoms with Crippen molar-refractivity contribution >= 4 is 39.4 Å². The van der Waals surface area contributed by atoms with E-state index in [1.807, 2.05) is 26.8 Å². The van der Waals surface area contributed by atoms with Crippen LogP contribution in [0.5, 0.6) is 0 Å². The van der Waals surface area contributed by atoms with Gasteiger partial charge in [-0.3, -0.25) is 9.20 Å². The molecule has 0 aliphatic carbocycles. The zero-order valence-corrected chi connectivity index (χ0v) is 15.8. The minimum absolute atomic E-state index is 0.146. The van der Waals surface area contributed by atoms with E-state index < -0.39 is 5.60 Å². The molecule has 0 bridgehead atoms. The summed E-state index contributed by atoms with van der Waals surface area (Å²) in [6, 6.07) is 3.49. The Morgan fingerprint density at radius 1 is 1.40 bits per heavy atom. The second kappa shape index (κ2) is 6.21. The summed E-state index contributed by atoms with van der Waals surface area (Å²) in [6.07, 6.45) is 1.36. The smallest absolute Gasteiger partial charge is 0.410 e. The molecule has 3 rings (SSSR count). The van der Waals surface area contributed by atoms with Crippen molar-refractivity contribution in [3.05, 3.63) is 28.5 Å². The highest BCUT2D eigenvalue weighted by Gasteiger charge is 2.35. The van der Waals surface area contributed by atoms with Gasteiger partial charge in [0.15, 0.2) is 11.3 Å². The third-order valence-corrected chi connectivity index (χ3v) is 4.34. The Labute approximate surface area is 153 Å². The van der Waals surface area contributed by atoms with Crippen LogP contribution in [0.1, 0.15) is 31.3 Å². The van der Waals surface area contributed by atoms with Crippen LogP contribution in [0, 0.1) is 0 Å². The van der Waals surface area contributed by atoms with Crippen LogP contribution in [-0.2, 0) is 4.74 Å². The molecule has 0 spiro atoms. The van der Waals surface area contributed by atoms with Gasteiger partial charge in [0.2, 0.25) is 0 Å². The van der Waals surface area contributed by atoms with E-state index in [0.29, 0.717) is 18.7 Å². The number of nitrogen functional groups attached to an aromatic ring is 1. The van der Waals surface area contributed by atoms with E-state index in [1.165, 1.54) is 0 Å². The molecule has 134 valence electrons. The number of rotatable bonds is 2. The molecule has 2 aromatic heterocycles. The molecule has 9 heteroatoms. The van der Waals surface area contributed by atoms with Crippen molar-refractivity contribution in [1.82, 2.24) is 19.6 Å². The van der Waals surface area contributed by atoms with Crippen LogP contribution in [0.15, 0.2) is 22.8 Å². The molecule has 0 aromatic carbocycles. The van der Waals surface area contributed by atoms with Gasteiger partial charge in [-0.25, -0.2) is 9.78 Å². The van der Waals surface area contributed by atoms with E-state index in [4.69, 9.17) is 10.5 Å². The number of hydrogen-bond acceptors (Lipinski definition) is 5. The number of amides is 2. The first-order valence-electron chi connectivity index (χ1n) is 7.86. The van der Waals surface area contributed by atoms with Crippen LogP contribution in [0.25, 0.3) is 5.65 Å². The number of likely N-dealkylation sites (tertiary alicyclic amines) is 1. The largest absolute Gasteiger partial charge is 0.444 e. The first-order valence-corrected chi connectivity index (χ1v) is 8.66. The Bertz CT molecular complexity index is 836. The Kier molecular flexibility index (Phi) is 4.36. The van der Waals surface area contributed by atoms with Gasteiger partial charge in [-0.15, -0.1) is 0 Å². The number of aromatic nitrogens is 2. The molecule has 1 saturated heterocycles. The molecule has 3 N–H and O–H groups in total. The predicted octanol–water partition coefficient (Wildman–Crippen LogP) is 2.03. The van der Waals surface area contributed by atoms with Gasteiger partial charge < -0.3 is 20.7 Å². The molecule has 0 unspecified atom stereocenters. The summed E-state index contributed by atoms with van der Waals surface area (Å²) in [4.78, 5) is 30.2. The summed E-state index contributed by atoms with van der Waals surface area (Å²) in [6.45, 7) is 6.24. The summed E-state index contributed by atoms with van der Waals surface area (Å²) in [5.74, 6) is -0.0842. The number of ether oxygens (including phenoxy) is 1. The quantitative estimate of drug-likeness (QED) is 0.789. The SMILES string of the molecule is CC(C)(C)OC(=O)N1CC(NC(=O)c2nc3c(Br)cccn3c2N)C1. The predicted molar refractivity (Wildman–Crippen MR) is 96.4 cm³/mol. The van der Waals surface area contributed by atoms with Gasteiger partial charge in [0.1, 0.15) is 11.4 Å². The number of nitrogens with two attached hydrogens (primary N) is 1. The fourth-order valence-corrected chi connectivity index (χ4v) is 2.95. The zero-order valence-electron chi connectivity index (χ0n) is 14.2. The number of nitrogens with zero attached hydrogens (tertiary/aromatic N) is 3. The number of fused-ring (bicyclic) bond motifs is 1. The average Bonchev–Trinajstić information content (AvgIpc) is 2.79. The molecule has 1 fully saturated rings. The summed E-state index contributed by atoms with van der Waals surface area (Å²) in [5, 5.41) is 2.84. The van der Waals surface area contributed by atoms with Crippen molar-refractivity contribution in [2.45, 2.75) is 32.4 Å². The lowest BCUT2D eigenvalue weighted by Crippen LogP contribution is -2.61. The number of carbonyl (C=O) groups excluding carboxylic acids is 2. The minimum Gasteiger partial charge on any atom is -0.444 e. The van der Waals surface area contributed by atoms with Gasteiger partial charge in [0, 0.05) is 19.3 Å². The maximum atomic E-state index is 12.4. The summed E-state index contributed by atoms with van der Waals surface area (Å²) >= 11 is 3.39. The zero-order chi connectivity index (χ0) is 18.4. The Morgan fingerprint density at radius 3 is 2.68 bits per heavy atom. The van der Waals surface area contributed by atoms with Gasteiger partial charge in [0.25, 0.3) is 5.91 Å². The fraction of sp³-hybridized carbons (Fsp3) is 0.438. The molecule has 3 heterocycles. The van der Waals surface area contributed by atoms with E-state index in [2.05, 4.69) is 26.2 Å². The summed E-state index contributed by atoms with van der Waals surface area (Å²) < 4.78 is 7.68. The number of carbonyl (C=O) groups is 2. The third kappa shape index (κ3) is 3.55. The Hall–Kier alpha value is -2.29. The van der Waals surface area contributed by atoms with E-state index in [9.17, 15) is 9.59 Å². The molecule has 8 nitrogen and oxygen atoms in total. The summed E-state index contributed by atoms with van der Waals surface area (Å²) in [5.41, 5.74) is 6.23. The highest BCUT2D eigenvalue weighted by atomic mass is 79.9. The van der Waals surface area contributed by atoms with Gasteiger partial charge >= 0.3 is 6.09 Å². The number of hydrogen-bond donors (Lipinski definition) is 2. The van der Waals surface area contributed by atoms with E-state index >= 15 is 0 Å². The first-order chi connectivity index (χ1) is 11.7. The van der Waals surface area contributed by atoms with Crippen molar-refractivity contribution in [2.75, 3.05) is 18.8 Å². The molecule has 1 aliphatic rings. The molecular formula is C16H20BrN5O3. The van der Waals surface area contributed by atoms with Gasteiger partial charge in [0.05, 0.1) is 10.5 Å². The lowest BCUT2D eigenvalue weighted by molar-refractivity contribution is 0.00531. The van der Waals surface area contributed by atoms with Gasteiger partial charge in [-0.2, -0.15) is 0 Å². The maximum Gasteiger partial charge on any atom is 0.410 e. The van der Waals surface area contributed by atoms with Crippen molar-refractivity contribution in [3.63, 3.8) is 0 Å². The first kappa shape index (κ1) is 17.5. The van der Waals surface area contributed by atoms with E-state index in [1.54, 1.807) is 21.6 Å². The third-order valence-electron chi connectivity index (χ3n) is 3.72. The molecule has 0 radical (unpaired) electrons. The van der Waals surface area contributed by atoms with Crippen LogP contribution >= 0.6 is 15.9 Å². The second-order valence-electron chi connectivity index (χ2n) is 6.95. The van der Waals surface area contributed by atoms with Crippen molar-refractivity contribution < 1.29 is 14.3 Å². The normalized spacial score (nSPS) is 15.1. The van der Waals surface area contributed by atoms with E-state index in [-0.39, 0.29) is 29.6 Å². The van der Waals surface area contributed by atoms with Crippen LogP contribution in [0.2, 0.25) is 0 Å².